The molecule has 2 atom stereocenters. The van der Waals surface area contributed by atoms with Crippen LogP contribution in [0.4, 0.5) is 5.69 Å². The van der Waals surface area contributed by atoms with E-state index in [1.54, 1.807) is 24.4 Å². The Hall–Kier alpha value is -3.99. The van der Waals surface area contributed by atoms with Crippen LogP contribution in [-0.4, -0.2) is 45.1 Å². The Kier molecular flexibility index (Phi) is 9.13. The fourth-order valence-corrected chi connectivity index (χ4v) is 3.44. The Bertz CT molecular complexity index is 1160. The van der Waals surface area contributed by atoms with Gasteiger partial charge >= 0.3 is 17.8 Å². The number of amides is 2. The van der Waals surface area contributed by atoms with Crippen LogP contribution in [0.2, 0.25) is 5.02 Å². The number of rotatable bonds is 10. The summed E-state index contributed by atoms with van der Waals surface area (Å²) in [6, 6.07) is 17.3. The molecule has 6 N–H and O–H groups in total. The van der Waals surface area contributed by atoms with E-state index in [0.29, 0.717) is 10.7 Å². The monoisotopic (exact) mass is 497 g/mol. The van der Waals surface area contributed by atoms with Crippen molar-refractivity contribution >= 4 is 35.1 Å². The van der Waals surface area contributed by atoms with Crippen LogP contribution < -0.4 is 21.7 Å². The van der Waals surface area contributed by atoms with Gasteiger partial charge in [-0.3, -0.25) is 20.0 Å². The quantitative estimate of drug-likeness (QED) is 0.183. The molecule has 3 rings (SSSR count). The number of nitrogens with zero attached hydrogens (tertiary/aromatic N) is 1. The summed E-state index contributed by atoms with van der Waals surface area (Å²) in [5.41, 5.74) is 10.4. The number of carbonyl (C=O) groups excluding carboxylic acids is 2. The predicted octanol–water partition coefficient (Wildman–Crippen LogP) is 1.91. The van der Waals surface area contributed by atoms with Crippen molar-refractivity contribution in [2.75, 3.05) is 5.43 Å². The molecule has 0 unspecified atom stereocenters. The highest BCUT2D eigenvalue weighted by Gasteiger charge is 2.24. The van der Waals surface area contributed by atoms with E-state index in [4.69, 9.17) is 16.7 Å². The molecule has 2 aromatic carbocycles. The average Bonchev–Trinajstić information content (AvgIpc) is 2.85. The Morgan fingerprint density at radius 3 is 2.40 bits per heavy atom. The molecule has 0 spiro atoms. The third-order valence-corrected chi connectivity index (χ3v) is 5.21. The third kappa shape index (κ3) is 8.07. The minimum Gasteiger partial charge on any atom is -0.479 e. The lowest BCUT2D eigenvalue weighted by molar-refractivity contribution is -0.147. The van der Waals surface area contributed by atoms with Crippen molar-refractivity contribution in [1.82, 2.24) is 21.3 Å². The Labute approximate surface area is 206 Å². The number of nitrogens with one attached hydrogen (secondary N) is 4. The van der Waals surface area contributed by atoms with Gasteiger partial charge in [-0.2, -0.15) is 0 Å². The van der Waals surface area contributed by atoms with E-state index in [2.05, 4.69) is 26.7 Å². The van der Waals surface area contributed by atoms with Crippen LogP contribution in [-0.2, 0) is 20.8 Å². The van der Waals surface area contributed by atoms with Crippen molar-refractivity contribution in [1.29, 1.82) is 0 Å². The van der Waals surface area contributed by atoms with Gasteiger partial charge in [-0.1, -0.05) is 48.0 Å². The summed E-state index contributed by atoms with van der Waals surface area (Å²) in [4.78, 5) is 39.5. The number of aliphatic hydroxyl groups is 1. The summed E-state index contributed by atoms with van der Waals surface area (Å²) in [6.45, 7) is 0. The topological polar surface area (TPSA) is 153 Å². The summed E-state index contributed by atoms with van der Waals surface area (Å²) in [7, 11) is 0. The van der Waals surface area contributed by atoms with Gasteiger partial charge in [0.2, 0.25) is 0 Å². The number of halogens is 1. The van der Waals surface area contributed by atoms with Crippen LogP contribution in [0.15, 0.2) is 73.1 Å². The lowest BCUT2D eigenvalue weighted by Crippen LogP contribution is -2.51. The summed E-state index contributed by atoms with van der Waals surface area (Å²) in [5.74, 6) is -3.43. The van der Waals surface area contributed by atoms with E-state index in [1.165, 1.54) is 6.20 Å². The Balaban J connectivity index is 1.61. The van der Waals surface area contributed by atoms with Crippen molar-refractivity contribution in [2.24, 2.45) is 0 Å². The molecule has 0 aliphatic carbocycles. The first-order valence-electron chi connectivity index (χ1n) is 10.6. The number of aromatic nitrogens is 1. The van der Waals surface area contributed by atoms with E-state index in [-0.39, 0.29) is 12.8 Å². The number of carboxylic acid groups (broad SMARTS) is 1. The van der Waals surface area contributed by atoms with Crippen LogP contribution in [0.5, 0.6) is 0 Å². The lowest BCUT2D eigenvalue weighted by atomic mass is 9.98. The van der Waals surface area contributed by atoms with Crippen molar-refractivity contribution in [3.05, 3.63) is 83.6 Å². The maximum Gasteiger partial charge on any atom is 0.332 e. The highest BCUT2D eigenvalue weighted by Crippen LogP contribution is 2.23. The molecule has 1 heterocycles. The van der Waals surface area contributed by atoms with Gasteiger partial charge in [0.15, 0.2) is 6.10 Å². The van der Waals surface area contributed by atoms with Gasteiger partial charge in [-0.25, -0.2) is 4.79 Å². The maximum absolute atomic E-state index is 12.4. The summed E-state index contributed by atoms with van der Waals surface area (Å²) >= 11 is 6.05. The molecule has 11 heteroatoms. The zero-order valence-electron chi connectivity index (χ0n) is 18.4. The van der Waals surface area contributed by atoms with Gasteiger partial charge < -0.3 is 21.0 Å². The van der Waals surface area contributed by atoms with Crippen molar-refractivity contribution in [2.45, 2.75) is 25.0 Å². The fourth-order valence-electron chi connectivity index (χ4n) is 3.25. The number of aliphatic hydroxyl groups excluding tert-OH is 1. The van der Waals surface area contributed by atoms with Crippen LogP contribution in [0, 0.1) is 0 Å². The first-order valence-corrected chi connectivity index (χ1v) is 11.0. The minimum atomic E-state index is -1.71. The Morgan fingerprint density at radius 2 is 1.74 bits per heavy atom. The molecule has 1 aromatic heterocycles. The molecular weight excluding hydrogens is 474 g/mol. The largest absolute Gasteiger partial charge is 0.479 e. The van der Waals surface area contributed by atoms with Gasteiger partial charge in [0.25, 0.3) is 0 Å². The second-order valence-corrected chi connectivity index (χ2v) is 8.05. The molecule has 0 aliphatic heterocycles. The van der Waals surface area contributed by atoms with Crippen LogP contribution in [0.3, 0.4) is 0 Å². The van der Waals surface area contributed by atoms with E-state index >= 15 is 0 Å². The molecule has 10 nitrogen and oxygen atoms in total. The average molecular weight is 498 g/mol. The fraction of sp³-hybridized carbons (Fsp3) is 0.167. The van der Waals surface area contributed by atoms with Gasteiger partial charge in [0, 0.05) is 23.7 Å². The maximum atomic E-state index is 12.4. The lowest BCUT2D eigenvalue weighted by Gasteiger charge is -2.20. The van der Waals surface area contributed by atoms with Gasteiger partial charge in [0.05, 0.1) is 11.9 Å². The molecule has 2 amide bonds. The van der Waals surface area contributed by atoms with E-state index < -0.39 is 29.9 Å². The van der Waals surface area contributed by atoms with E-state index in [9.17, 15) is 19.5 Å². The number of pyridine rings is 1. The normalized spacial score (nSPS) is 12.3. The molecule has 3 aromatic rings. The molecule has 0 saturated heterocycles. The van der Waals surface area contributed by atoms with Gasteiger partial charge in [-0.05, 0) is 47.4 Å². The Morgan fingerprint density at radius 1 is 0.971 bits per heavy atom. The standard InChI is InChI=1S/C24H24ClN5O5/c25-18-4-1-3-17(12-18)16-8-6-15(7-9-16)11-20(13-21(31)24(34)35)27-22(32)23(33)29-30-28-19-5-2-10-26-14-19/h1-10,12,14,20-21,28,30-31H,11,13H2,(H,27,32)(H,29,33)(H,34,35)/t20-,21-/m1/s1. The zero-order chi connectivity index (χ0) is 25.2. The van der Waals surface area contributed by atoms with E-state index in [0.717, 1.165) is 16.7 Å². The smallest absolute Gasteiger partial charge is 0.332 e. The SMILES string of the molecule is O=C(NNNc1cccnc1)C(=O)N[C@H](Cc1ccc(-c2cccc(Cl)c2)cc1)C[C@@H](O)C(=O)O. The molecule has 182 valence electrons. The number of hydrogen-bond donors (Lipinski definition) is 6. The van der Waals surface area contributed by atoms with E-state index in [1.807, 2.05) is 42.5 Å². The second-order valence-electron chi connectivity index (χ2n) is 7.62. The summed E-state index contributed by atoms with van der Waals surface area (Å²) < 4.78 is 0. The number of anilines is 1. The molecule has 0 saturated carbocycles. The number of carboxylic acids is 1. The number of aliphatic carboxylic acids is 1. The molecule has 0 fully saturated rings. The summed E-state index contributed by atoms with van der Waals surface area (Å²) in [6.07, 6.45) is 1.28. The van der Waals surface area contributed by atoms with Crippen LogP contribution in [0.25, 0.3) is 11.1 Å². The number of carbonyl (C=O) groups is 3. The first kappa shape index (κ1) is 25.6. The van der Waals surface area contributed by atoms with Crippen molar-refractivity contribution in [3.8, 4) is 11.1 Å². The summed E-state index contributed by atoms with van der Waals surface area (Å²) in [5, 5.41) is 22.0. The number of benzene rings is 2. The van der Waals surface area contributed by atoms with Crippen molar-refractivity contribution in [3.63, 3.8) is 0 Å². The number of hydrogen-bond acceptors (Lipinski definition) is 7. The molecule has 35 heavy (non-hydrogen) atoms. The van der Waals surface area contributed by atoms with Crippen LogP contribution >= 0.6 is 11.6 Å². The molecule has 0 aliphatic rings. The second kappa shape index (κ2) is 12.5. The molecular formula is C24H24ClN5O5. The third-order valence-electron chi connectivity index (χ3n) is 4.97. The predicted molar refractivity (Wildman–Crippen MR) is 130 cm³/mol. The van der Waals surface area contributed by atoms with Crippen LogP contribution in [0.1, 0.15) is 12.0 Å². The highest BCUT2D eigenvalue weighted by atomic mass is 35.5. The first-order chi connectivity index (χ1) is 16.8. The number of hydrazine groups is 2. The molecule has 0 bridgehead atoms. The molecule has 0 radical (unpaired) electrons. The minimum absolute atomic E-state index is 0.195. The highest BCUT2D eigenvalue weighted by molar-refractivity contribution is 6.35. The van der Waals surface area contributed by atoms with Crippen molar-refractivity contribution < 1.29 is 24.6 Å². The zero-order valence-corrected chi connectivity index (χ0v) is 19.2. The van der Waals surface area contributed by atoms with Gasteiger partial charge in [-0.15, -0.1) is 5.53 Å². The van der Waals surface area contributed by atoms with Gasteiger partial charge in [0.1, 0.15) is 0 Å².